The van der Waals surface area contributed by atoms with Crippen LogP contribution in [0.3, 0.4) is 0 Å². The Bertz CT molecular complexity index is 1230. The highest BCUT2D eigenvalue weighted by atomic mass is 16.6. The second kappa shape index (κ2) is 11.5. The van der Waals surface area contributed by atoms with E-state index < -0.39 is 12.1 Å². The Kier molecular flexibility index (Phi) is 7.97. The molecule has 186 valence electrons. The molecule has 36 heavy (non-hydrogen) atoms. The Morgan fingerprint density at radius 1 is 1.03 bits per heavy atom. The van der Waals surface area contributed by atoms with E-state index in [1.165, 1.54) is 12.0 Å². The molecule has 2 N–H and O–H groups in total. The summed E-state index contributed by atoms with van der Waals surface area (Å²) >= 11 is 0. The summed E-state index contributed by atoms with van der Waals surface area (Å²) in [5.74, 6) is 0.0999. The number of para-hydroxylation sites is 1. The topological polar surface area (TPSA) is 100 Å². The van der Waals surface area contributed by atoms with Gasteiger partial charge in [-0.1, -0.05) is 65.8 Å². The summed E-state index contributed by atoms with van der Waals surface area (Å²) in [6, 6.07) is 23.2. The van der Waals surface area contributed by atoms with Gasteiger partial charge in [0.1, 0.15) is 18.9 Å². The van der Waals surface area contributed by atoms with Crippen LogP contribution in [0.1, 0.15) is 28.4 Å². The predicted octanol–water partition coefficient (Wildman–Crippen LogP) is 3.43. The Balaban J connectivity index is 1.49. The Hall–Kier alpha value is -4.17. The number of aliphatic hydroxyl groups is 1. The molecule has 0 saturated carbocycles. The molecule has 0 aromatic heterocycles. The standard InChI is InChI=1S/C28H29N3O5/c1-35-26-11-7-6-10-23(26)19-12-14-21(15-13-19)28(34)31-18-22(30-36-2)16-24(31)27(33)29-17-25(32)20-8-4-3-5-9-20/h3-15,24-25,32H,16-18H2,1-2H3,(H,29,33)/t24-,25?/m0/s1. The summed E-state index contributed by atoms with van der Waals surface area (Å²) in [6.45, 7) is 0.214. The van der Waals surface area contributed by atoms with Crippen LogP contribution in [0, 0.1) is 0 Å². The minimum atomic E-state index is -0.852. The summed E-state index contributed by atoms with van der Waals surface area (Å²) in [5, 5.41) is 17.2. The summed E-state index contributed by atoms with van der Waals surface area (Å²) in [4.78, 5) is 32.9. The van der Waals surface area contributed by atoms with Crippen molar-refractivity contribution < 1.29 is 24.3 Å². The van der Waals surface area contributed by atoms with Crippen molar-refractivity contribution in [3.63, 3.8) is 0 Å². The SMILES string of the molecule is CON=C1C[C@@H](C(=O)NCC(O)c2ccccc2)N(C(=O)c2ccc(-c3ccccc3OC)cc2)C1. The van der Waals surface area contributed by atoms with Crippen molar-refractivity contribution in [2.24, 2.45) is 5.16 Å². The van der Waals surface area contributed by atoms with Gasteiger partial charge in [-0.3, -0.25) is 9.59 Å². The van der Waals surface area contributed by atoms with Crippen LogP contribution in [-0.4, -0.2) is 60.9 Å². The first-order valence-corrected chi connectivity index (χ1v) is 11.7. The van der Waals surface area contributed by atoms with Gasteiger partial charge in [0.05, 0.1) is 25.5 Å². The number of oxime groups is 1. The molecular weight excluding hydrogens is 458 g/mol. The monoisotopic (exact) mass is 487 g/mol. The summed E-state index contributed by atoms with van der Waals surface area (Å²) in [7, 11) is 3.05. The summed E-state index contributed by atoms with van der Waals surface area (Å²) < 4.78 is 5.44. The van der Waals surface area contributed by atoms with Gasteiger partial charge in [0.25, 0.3) is 5.91 Å². The van der Waals surface area contributed by atoms with Gasteiger partial charge < -0.3 is 24.9 Å². The molecule has 0 bridgehead atoms. The third kappa shape index (κ3) is 5.55. The number of aliphatic hydroxyl groups excluding tert-OH is 1. The fourth-order valence-electron chi connectivity index (χ4n) is 4.30. The quantitative estimate of drug-likeness (QED) is 0.474. The fourth-order valence-corrected chi connectivity index (χ4v) is 4.30. The maximum Gasteiger partial charge on any atom is 0.254 e. The molecule has 2 atom stereocenters. The van der Waals surface area contributed by atoms with Crippen molar-refractivity contribution in [2.45, 2.75) is 18.6 Å². The Morgan fingerprint density at radius 2 is 1.72 bits per heavy atom. The van der Waals surface area contributed by atoms with Crippen LogP contribution < -0.4 is 10.1 Å². The molecule has 4 rings (SSSR count). The number of carbonyl (C=O) groups excluding carboxylic acids is 2. The van der Waals surface area contributed by atoms with Crippen molar-refractivity contribution in [3.8, 4) is 16.9 Å². The van der Waals surface area contributed by atoms with Crippen LogP contribution in [0.5, 0.6) is 5.75 Å². The van der Waals surface area contributed by atoms with E-state index in [4.69, 9.17) is 9.57 Å². The molecule has 3 aromatic carbocycles. The number of hydrogen-bond acceptors (Lipinski definition) is 6. The van der Waals surface area contributed by atoms with Gasteiger partial charge in [-0.25, -0.2) is 0 Å². The average Bonchev–Trinajstić information content (AvgIpc) is 3.36. The lowest BCUT2D eigenvalue weighted by atomic mass is 10.0. The van der Waals surface area contributed by atoms with Gasteiger partial charge in [0, 0.05) is 24.1 Å². The van der Waals surface area contributed by atoms with Crippen LogP contribution in [0.25, 0.3) is 11.1 Å². The number of rotatable bonds is 8. The molecule has 1 unspecified atom stereocenters. The Morgan fingerprint density at radius 3 is 2.42 bits per heavy atom. The minimum Gasteiger partial charge on any atom is -0.496 e. The first kappa shape index (κ1) is 24.9. The number of benzene rings is 3. The number of hydrogen-bond donors (Lipinski definition) is 2. The Labute approximate surface area is 210 Å². The number of likely N-dealkylation sites (tertiary alicyclic amines) is 1. The van der Waals surface area contributed by atoms with Gasteiger partial charge in [0.15, 0.2) is 0 Å². The highest BCUT2D eigenvalue weighted by Crippen LogP contribution is 2.30. The van der Waals surface area contributed by atoms with Crippen LogP contribution in [-0.2, 0) is 9.63 Å². The highest BCUT2D eigenvalue weighted by molar-refractivity contribution is 6.05. The number of ether oxygens (including phenoxy) is 1. The van der Waals surface area contributed by atoms with Crippen molar-refractivity contribution in [1.29, 1.82) is 0 Å². The van der Waals surface area contributed by atoms with Gasteiger partial charge in [-0.05, 0) is 29.3 Å². The molecule has 2 amide bonds. The van der Waals surface area contributed by atoms with Crippen molar-refractivity contribution in [1.82, 2.24) is 10.2 Å². The lowest BCUT2D eigenvalue weighted by molar-refractivity contribution is -0.125. The second-order valence-corrected chi connectivity index (χ2v) is 8.44. The fraction of sp³-hybridized carbons (Fsp3) is 0.250. The minimum absolute atomic E-state index is 0.0335. The van der Waals surface area contributed by atoms with Gasteiger partial charge >= 0.3 is 0 Å². The summed E-state index contributed by atoms with van der Waals surface area (Å²) in [6.07, 6.45) is -0.595. The molecule has 8 nitrogen and oxygen atoms in total. The molecule has 1 aliphatic rings. The van der Waals surface area contributed by atoms with E-state index in [2.05, 4.69) is 10.5 Å². The zero-order chi connectivity index (χ0) is 25.5. The molecule has 0 spiro atoms. The molecule has 0 radical (unpaired) electrons. The number of methoxy groups -OCH3 is 1. The van der Waals surface area contributed by atoms with E-state index in [0.717, 1.165) is 16.9 Å². The van der Waals surface area contributed by atoms with E-state index in [1.807, 2.05) is 54.6 Å². The third-order valence-corrected chi connectivity index (χ3v) is 6.15. The van der Waals surface area contributed by atoms with E-state index in [0.29, 0.717) is 16.8 Å². The maximum absolute atomic E-state index is 13.4. The molecule has 3 aromatic rings. The van der Waals surface area contributed by atoms with Crippen molar-refractivity contribution in [2.75, 3.05) is 27.3 Å². The van der Waals surface area contributed by atoms with Crippen LogP contribution in [0.15, 0.2) is 84.0 Å². The smallest absolute Gasteiger partial charge is 0.254 e. The zero-order valence-corrected chi connectivity index (χ0v) is 20.3. The zero-order valence-electron chi connectivity index (χ0n) is 20.3. The third-order valence-electron chi connectivity index (χ3n) is 6.15. The lowest BCUT2D eigenvalue weighted by Gasteiger charge is -2.24. The second-order valence-electron chi connectivity index (χ2n) is 8.44. The molecule has 1 heterocycles. The first-order chi connectivity index (χ1) is 17.5. The maximum atomic E-state index is 13.4. The normalized spacial score (nSPS) is 17.0. The van der Waals surface area contributed by atoms with E-state index in [-0.39, 0.29) is 31.3 Å². The lowest BCUT2D eigenvalue weighted by Crippen LogP contribution is -2.46. The number of nitrogens with zero attached hydrogens (tertiary/aromatic N) is 2. The van der Waals surface area contributed by atoms with E-state index >= 15 is 0 Å². The molecule has 1 fully saturated rings. The van der Waals surface area contributed by atoms with Gasteiger partial charge in [-0.15, -0.1) is 0 Å². The summed E-state index contributed by atoms with van der Waals surface area (Å²) in [5.41, 5.74) is 3.59. The highest BCUT2D eigenvalue weighted by Gasteiger charge is 2.38. The van der Waals surface area contributed by atoms with E-state index in [9.17, 15) is 14.7 Å². The van der Waals surface area contributed by atoms with Gasteiger partial charge in [0.2, 0.25) is 5.91 Å². The predicted molar refractivity (Wildman–Crippen MR) is 137 cm³/mol. The molecule has 0 aliphatic carbocycles. The van der Waals surface area contributed by atoms with Crippen LogP contribution in [0.4, 0.5) is 0 Å². The van der Waals surface area contributed by atoms with Crippen LogP contribution >= 0.6 is 0 Å². The van der Waals surface area contributed by atoms with Gasteiger partial charge in [-0.2, -0.15) is 0 Å². The number of amides is 2. The molecule has 8 heteroatoms. The largest absolute Gasteiger partial charge is 0.496 e. The molecule has 1 saturated heterocycles. The van der Waals surface area contributed by atoms with Crippen molar-refractivity contribution >= 4 is 17.5 Å². The number of carbonyl (C=O) groups is 2. The molecular formula is C28H29N3O5. The van der Waals surface area contributed by atoms with Crippen molar-refractivity contribution in [3.05, 3.63) is 90.0 Å². The van der Waals surface area contributed by atoms with E-state index in [1.54, 1.807) is 31.4 Å². The number of nitrogens with one attached hydrogen (secondary N) is 1. The average molecular weight is 488 g/mol. The van der Waals surface area contributed by atoms with Crippen LogP contribution in [0.2, 0.25) is 0 Å². The molecule has 1 aliphatic heterocycles. The first-order valence-electron chi connectivity index (χ1n) is 11.7.